The number of pyridine rings is 1. The molecule has 46 heavy (non-hydrogen) atoms. The van der Waals surface area contributed by atoms with Gasteiger partial charge >= 0.3 is 18.4 Å². The normalized spacial score (nSPS) is 16.6. The molecule has 1 aliphatic heterocycles. The summed E-state index contributed by atoms with van der Waals surface area (Å²) in [7, 11) is 1.46. The highest BCUT2D eigenvalue weighted by Gasteiger charge is 2.39. The zero-order valence-corrected chi connectivity index (χ0v) is 26.6. The highest BCUT2D eigenvalue weighted by atomic mass is 32.2. The standard InChI is InChI=1S/C31H35F6N5O3S/c1-5-22-16-24(27-25(9-10-26(41-27)44-3)42(22)29(43)45-6-2)40-28-38-17-19(8-7-11-46-4)23(39-28)14-18-12-20(30(32,33)34)15-21(13-18)31(35,36)37/h9-10,12-13,15,17,22,24H,5-8,11,14,16H2,1-4H3,(H,38,39,40)/t22-,24+/m1/s1. The summed E-state index contributed by atoms with van der Waals surface area (Å²) in [6, 6.07) is 4.10. The maximum absolute atomic E-state index is 13.6. The SMILES string of the molecule is CCOC(=O)N1c2ccc(OC)nc2[C@@H](Nc2ncc(CCCSC)c(Cc3cc(C(F)(F)F)cc(C(F)(F)F)c3)n2)C[C@H]1CC. The van der Waals surface area contributed by atoms with Gasteiger partial charge in [0.2, 0.25) is 11.8 Å². The number of carbonyl (C=O) groups excluding carboxylic acids is 1. The fraction of sp³-hybridized carbons (Fsp3) is 0.484. The monoisotopic (exact) mass is 671 g/mol. The molecule has 3 heterocycles. The molecule has 0 unspecified atom stereocenters. The maximum Gasteiger partial charge on any atom is 0.416 e. The Morgan fingerprint density at radius 3 is 2.35 bits per heavy atom. The van der Waals surface area contributed by atoms with Crippen molar-refractivity contribution in [3.8, 4) is 5.88 Å². The van der Waals surface area contributed by atoms with E-state index in [0.29, 0.717) is 54.2 Å². The third-order valence-corrected chi connectivity index (χ3v) is 8.25. The van der Waals surface area contributed by atoms with Gasteiger partial charge in [-0.1, -0.05) is 6.92 Å². The topological polar surface area (TPSA) is 89.5 Å². The van der Waals surface area contributed by atoms with Crippen LogP contribution in [-0.4, -0.2) is 52.8 Å². The summed E-state index contributed by atoms with van der Waals surface area (Å²) in [5.74, 6) is 1.22. The molecule has 2 aromatic heterocycles. The van der Waals surface area contributed by atoms with Crippen molar-refractivity contribution in [2.45, 2.75) is 70.4 Å². The zero-order valence-electron chi connectivity index (χ0n) is 25.8. The second-order valence-corrected chi connectivity index (χ2v) is 11.7. The number of nitrogens with one attached hydrogen (secondary N) is 1. The van der Waals surface area contributed by atoms with E-state index >= 15 is 0 Å². The van der Waals surface area contributed by atoms with Gasteiger partial charge in [-0.3, -0.25) is 4.90 Å². The number of carbonyl (C=O) groups is 1. The number of aromatic nitrogens is 3. The van der Waals surface area contributed by atoms with Gasteiger partial charge in [-0.15, -0.1) is 0 Å². The first-order valence-corrected chi connectivity index (χ1v) is 16.1. The van der Waals surface area contributed by atoms with Crippen LogP contribution in [-0.2, 0) is 29.9 Å². The van der Waals surface area contributed by atoms with E-state index < -0.39 is 35.6 Å². The van der Waals surface area contributed by atoms with Crippen LogP contribution in [0, 0.1) is 0 Å². The summed E-state index contributed by atoms with van der Waals surface area (Å²) in [5.41, 5.74) is -1.04. The van der Waals surface area contributed by atoms with E-state index in [4.69, 9.17) is 9.47 Å². The third-order valence-electron chi connectivity index (χ3n) is 7.56. The molecule has 1 N–H and O–H groups in total. The van der Waals surface area contributed by atoms with Crippen molar-refractivity contribution >= 4 is 29.5 Å². The molecule has 1 aliphatic rings. The van der Waals surface area contributed by atoms with Crippen LogP contribution in [0.2, 0.25) is 0 Å². The van der Waals surface area contributed by atoms with Gasteiger partial charge in [0, 0.05) is 24.7 Å². The average molecular weight is 672 g/mol. The Bertz CT molecular complexity index is 1490. The number of ether oxygens (including phenoxy) is 2. The molecule has 2 atom stereocenters. The molecule has 1 aromatic carbocycles. The third kappa shape index (κ3) is 8.34. The zero-order chi connectivity index (χ0) is 33.6. The van der Waals surface area contributed by atoms with Crippen molar-refractivity contribution in [2.75, 3.05) is 35.9 Å². The number of amides is 1. The van der Waals surface area contributed by atoms with E-state index in [-0.39, 0.29) is 36.6 Å². The Kier molecular flexibility index (Phi) is 11.3. The lowest BCUT2D eigenvalue weighted by Gasteiger charge is -2.39. The number of benzene rings is 1. The molecule has 250 valence electrons. The van der Waals surface area contributed by atoms with Crippen LogP contribution in [0.1, 0.15) is 72.8 Å². The number of aryl methyl sites for hydroxylation is 1. The molecule has 0 saturated heterocycles. The summed E-state index contributed by atoms with van der Waals surface area (Å²) < 4.78 is 92.2. The summed E-state index contributed by atoms with van der Waals surface area (Å²) >= 11 is 1.61. The first-order valence-electron chi connectivity index (χ1n) is 14.7. The van der Waals surface area contributed by atoms with E-state index in [1.54, 1.807) is 41.9 Å². The molecule has 3 aromatic rings. The van der Waals surface area contributed by atoms with Crippen molar-refractivity contribution in [1.29, 1.82) is 0 Å². The van der Waals surface area contributed by atoms with Crippen molar-refractivity contribution in [1.82, 2.24) is 15.0 Å². The number of anilines is 2. The summed E-state index contributed by atoms with van der Waals surface area (Å²) in [4.78, 5) is 28.2. The molecular formula is C31H35F6N5O3S. The van der Waals surface area contributed by atoms with E-state index in [9.17, 15) is 31.1 Å². The minimum absolute atomic E-state index is 0.112. The van der Waals surface area contributed by atoms with Crippen molar-refractivity contribution in [3.05, 3.63) is 70.2 Å². The molecule has 0 radical (unpaired) electrons. The quantitative estimate of drug-likeness (QED) is 0.162. The van der Waals surface area contributed by atoms with Gasteiger partial charge in [0.1, 0.15) is 0 Å². The molecule has 8 nitrogen and oxygen atoms in total. The van der Waals surface area contributed by atoms with Gasteiger partial charge in [-0.25, -0.2) is 19.7 Å². The number of fused-ring (bicyclic) bond motifs is 1. The molecule has 15 heteroatoms. The molecule has 0 spiro atoms. The number of alkyl halides is 6. The first kappa shape index (κ1) is 35.1. The highest BCUT2D eigenvalue weighted by molar-refractivity contribution is 7.98. The Morgan fingerprint density at radius 1 is 1.07 bits per heavy atom. The number of nitrogens with zero attached hydrogens (tertiary/aromatic N) is 4. The van der Waals surface area contributed by atoms with Crippen LogP contribution >= 0.6 is 11.8 Å². The Morgan fingerprint density at radius 2 is 1.76 bits per heavy atom. The molecule has 4 rings (SSSR count). The van der Waals surface area contributed by atoms with E-state index in [1.807, 2.05) is 13.2 Å². The number of halogens is 6. The number of rotatable bonds is 11. The molecular weight excluding hydrogens is 636 g/mol. The second kappa shape index (κ2) is 14.8. The Balaban J connectivity index is 1.75. The van der Waals surface area contributed by atoms with Gasteiger partial charge in [0.05, 0.1) is 48.0 Å². The second-order valence-electron chi connectivity index (χ2n) is 10.7. The van der Waals surface area contributed by atoms with Crippen LogP contribution in [0.15, 0.2) is 36.5 Å². The van der Waals surface area contributed by atoms with Gasteiger partial charge in [-0.2, -0.15) is 38.1 Å². The summed E-state index contributed by atoms with van der Waals surface area (Å²) in [6.45, 7) is 3.82. The van der Waals surface area contributed by atoms with Crippen LogP contribution in [0.5, 0.6) is 5.88 Å². The first-order chi connectivity index (χ1) is 21.8. The number of hydrogen-bond donors (Lipinski definition) is 1. The van der Waals surface area contributed by atoms with E-state index in [2.05, 4.69) is 20.3 Å². The van der Waals surface area contributed by atoms with Gasteiger partial charge < -0.3 is 14.8 Å². The lowest BCUT2D eigenvalue weighted by atomic mass is 9.93. The van der Waals surface area contributed by atoms with Crippen molar-refractivity contribution in [2.24, 2.45) is 0 Å². The van der Waals surface area contributed by atoms with Crippen LogP contribution in [0.3, 0.4) is 0 Å². The average Bonchev–Trinajstić information content (AvgIpc) is 3.00. The Labute approximate surface area is 267 Å². The summed E-state index contributed by atoms with van der Waals surface area (Å²) in [5, 5.41) is 3.25. The minimum atomic E-state index is -4.97. The van der Waals surface area contributed by atoms with Crippen LogP contribution < -0.4 is 15.0 Å². The minimum Gasteiger partial charge on any atom is -0.481 e. The highest BCUT2D eigenvalue weighted by Crippen LogP contribution is 2.40. The predicted octanol–water partition coefficient (Wildman–Crippen LogP) is 8.10. The smallest absolute Gasteiger partial charge is 0.416 e. The molecule has 1 amide bonds. The van der Waals surface area contributed by atoms with Gasteiger partial charge in [0.25, 0.3) is 0 Å². The number of methoxy groups -OCH3 is 1. The van der Waals surface area contributed by atoms with Gasteiger partial charge in [0.15, 0.2) is 0 Å². The number of thioether (sulfide) groups is 1. The molecule has 0 fully saturated rings. The van der Waals surface area contributed by atoms with E-state index in [0.717, 1.165) is 17.9 Å². The fourth-order valence-electron chi connectivity index (χ4n) is 5.38. The molecule has 0 bridgehead atoms. The largest absolute Gasteiger partial charge is 0.481 e. The number of hydrogen-bond acceptors (Lipinski definition) is 8. The fourth-order valence-corrected chi connectivity index (χ4v) is 5.81. The predicted molar refractivity (Wildman–Crippen MR) is 163 cm³/mol. The van der Waals surface area contributed by atoms with Crippen LogP contribution in [0.4, 0.5) is 42.8 Å². The summed E-state index contributed by atoms with van der Waals surface area (Å²) in [6.07, 6.45) is -5.08. The molecule has 0 aliphatic carbocycles. The van der Waals surface area contributed by atoms with Crippen molar-refractivity contribution in [3.63, 3.8) is 0 Å². The Hall–Kier alpha value is -3.75. The van der Waals surface area contributed by atoms with E-state index in [1.165, 1.54) is 7.11 Å². The molecule has 0 saturated carbocycles. The van der Waals surface area contributed by atoms with Crippen molar-refractivity contribution < 1.29 is 40.6 Å². The lowest BCUT2D eigenvalue weighted by Crippen LogP contribution is -2.46. The maximum atomic E-state index is 13.6. The van der Waals surface area contributed by atoms with Crippen LogP contribution in [0.25, 0.3) is 0 Å². The lowest BCUT2D eigenvalue weighted by molar-refractivity contribution is -0.143. The van der Waals surface area contributed by atoms with Gasteiger partial charge in [-0.05, 0) is 80.0 Å².